The van der Waals surface area contributed by atoms with E-state index in [2.05, 4.69) is 26.3 Å². The number of hydrogen-bond acceptors (Lipinski definition) is 5. The zero-order valence-electron chi connectivity index (χ0n) is 14.9. The van der Waals surface area contributed by atoms with Crippen molar-refractivity contribution in [2.24, 2.45) is 5.92 Å². The summed E-state index contributed by atoms with van der Waals surface area (Å²) in [5.41, 5.74) is 8.54. The third-order valence-corrected chi connectivity index (χ3v) is 5.03. The standard InChI is InChI=1S/C18H25N7O/c1-24(10-16-8-17(23-22-16)14-5-6-14)18(26)21-15-4-2-3-13(7-15)9-25-12-19-11-20-25/h2-4,7,11-12,14,16-17,22-23H,5-6,8-10H2,1H3,(H,21,26). The summed E-state index contributed by atoms with van der Waals surface area (Å²) in [7, 11) is 1.83. The summed E-state index contributed by atoms with van der Waals surface area (Å²) < 4.78 is 1.75. The van der Waals surface area contributed by atoms with Gasteiger partial charge in [0.25, 0.3) is 0 Å². The van der Waals surface area contributed by atoms with Crippen LogP contribution in [0.1, 0.15) is 24.8 Å². The largest absolute Gasteiger partial charge is 0.326 e. The molecule has 2 amide bonds. The molecule has 1 aliphatic heterocycles. The number of nitrogens with one attached hydrogen (secondary N) is 3. The molecule has 4 rings (SSSR count). The molecule has 0 radical (unpaired) electrons. The van der Waals surface area contributed by atoms with Gasteiger partial charge in [-0.25, -0.2) is 14.5 Å². The monoisotopic (exact) mass is 355 g/mol. The molecule has 2 aliphatic rings. The van der Waals surface area contributed by atoms with Crippen LogP contribution in [0.2, 0.25) is 0 Å². The zero-order valence-corrected chi connectivity index (χ0v) is 14.9. The number of carbonyl (C=O) groups excluding carboxylic acids is 1. The van der Waals surface area contributed by atoms with Crippen LogP contribution in [0, 0.1) is 5.92 Å². The Labute approximate surface area is 152 Å². The molecule has 0 bridgehead atoms. The third kappa shape index (κ3) is 4.20. The van der Waals surface area contributed by atoms with E-state index in [0.717, 1.165) is 23.6 Å². The summed E-state index contributed by atoms with van der Waals surface area (Å²) >= 11 is 0. The molecule has 1 saturated heterocycles. The van der Waals surface area contributed by atoms with E-state index in [1.165, 1.54) is 19.2 Å². The molecule has 8 heteroatoms. The molecule has 1 aliphatic carbocycles. The Morgan fingerprint density at radius 1 is 1.38 bits per heavy atom. The Hall–Kier alpha value is -2.45. The van der Waals surface area contributed by atoms with Crippen molar-refractivity contribution in [3.8, 4) is 0 Å². The average molecular weight is 355 g/mol. The normalized spacial score (nSPS) is 22.3. The first kappa shape index (κ1) is 17.0. The lowest BCUT2D eigenvalue weighted by atomic mass is 10.1. The van der Waals surface area contributed by atoms with Gasteiger partial charge in [-0.05, 0) is 42.9 Å². The van der Waals surface area contributed by atoms with Crippen LogP contribution in [0.25, 0.3) is 0 Å². The van der Waals surface area contributed by atoms with Gasteiger partial charge in [0.05, 0.1) is 6.54 Å². The minimum absolute atomic E-state index is 0.0976. The maximum atomic E-state index is 12.5. The zero-order chi connectivity index (χ0) is 17.9. The lowest BCUT2D eigenvalue weighted by Crippen LogP contribution is -2.43. The van der Waals surface area contributed by atoms with Crippen molar-refractivity contribution in [3.05, 3.63) is 42.5 Å². The Balaban J connectivity index is 1.29. The van der Waals surface area contributed by atoms with E-state index in [1.54, 1.807) is 15.9 Å². The second kappa shape index (κ2) is 7.43. The summed E-state index contributed by atoms with van der Waals surface area (Å²) in [5, 5.41) is 7.08. The van der Waals surface area contributed by atoms with Gasteiger partial charge in [0, 0.05) is 31.4 Å². The SMILES string of the molecule is CN(CC1CC(C2CC2)NN1)C(=O)Nc1cccc(Cn2cncn2)c1. The van der Waals surface area contributed by atoms with Crippen molar-refractivity contribution in [1.82, 2.24) is 30.5 Å². The van der Waals surface area contributed by atoms with Crippen LogP contribution in [0.3, 0.4) is 0 Å². The van der Waals surface area contributed by atoms with Crippen molar-refractivity contribution < 1.29 is 4.79 Å². The number of likely N-dealkylation sites (N-methyl/N-ethyl adjacent to an activating group) is 1. The number of hydrazine groups is 1. The lowest BCUT2D eigenvalue weighted by Gasteiger charge is -2.21. The molecule has 1 saturated carbocycles. The molecule has 2 heterocycles. The van der Waals surface area contributed by atoms with Crippen molar-refractivity contribution in [2.75, 3.05) is 18.9 Å². The molecule has 2 unspecified atom stereocenters. The lowest BCUT2D eigenvalue weighted by molar-refractivity contribution is 0.217. The average Bonchev–Trinajstić information content (AvgIpc) is 3.15. The molecule has 138 valence electrons. The smallest absolute Gasteiger partial charge is 0.321 e. The number of aromatic nitrogens is 3. The van der Waals surface area contributed by atoms with Crippen molar-refractivity contribution in [2.45, 2.75) is 37.9 Å². The first-order valence-corrected chi connectivity index (χ1v) is 9.12. The molecule has 2 atom stereocenters. The fraction of sp³-hybridized carbons (Fsp3) is 0.500. The second-order valence-corrected chi connectivity index (χ2v) is 7.27. The quantitative estimate of drug-likeness (QED) is 0.730. The third-order valence-electron chi connectivity index (χ3n) is 5.03. The van der Waals surface area contributed by atoms with E-state index in [4.69, 9.17) is 0 Å². The summed E-state index contributed by atoms with van der Waals surface area (Å²) in [5.74, 6) is 0.819. The predicted molar refractivity (Wildman–Crippen MR) is 98.4 cm³/mol. The number of rotatable bonds is 6. The summed E-state index contributed by atoms with van der Waals surface area (Å²) in [6.45, 7) is 1.31. The highest BCUT2D eigenvalue weighted by atomic mass is 16.2. The molecule has 8 nitrogen and oxygen atoms in total. The van der Waals surface area contributed by atoms with Gasteiger partial charge in [-0.2, -0.15) is 5.10 Å². The molecule has 3 N–H and O–H groups in total. The number of hydrogen-bond donors (Lipinski definition) is 3. The van der Waals surface area contributed by atoms with Crippen molar-refractivity contribution in [1.29, 1.82) is 0 Å². The van der Waals surface area contributed by atoms with Crippen LogP contribution < -0.4 is 16.2 Å². The molecule has 26 heavy (non-hydrogen) atoms. The van der Waals surface area contributed by atoms with Gasteiger partial charge >= 0.3 is 6.03 Å². The van der Waals surface area contributed by atoms with Crippen LogP contribution >= 0.6 is 0 Å². The van der Waals surface area contributed by atoms with Gasteiger partial charge in [0.2, 0.25) is 0 Å². The highest BCUT2D eigenvalue weighted by molar-refractivity contribution is 5.89. The Morgan fingerprint density at radius 2 is 2.27 bits per heavy atom. The Bertz CT molecular complexity index is 744. The van der Waals surface area contributed by atoms with Gasteiger partial charge < -0.3 is 10.2 Å². The highest BCUT2D eigenvalue weighted by Gasteiger charge is 2.36. The fourth-order valence-corrected chi connectivity index (χ4v) is 3.46. The number of anilines is 1. The minimum Gasteiger partial charge on any atom is -0.326 e. The number of benzene rings is 1. The molecule has 0 spiro atoms. The van der Waals surface area contributed by atoms with Crippen LogP contribution in [0.5, 0.6) is 0 Å². The number of nitrogens with zero attached hydrogens (tertiary/aromatic N) is 4. The molecule has 2 aromatic rings. The summed E-state index contributed by atoms with van der Waals surface area (Å²) in [6, 6.07) is 8.57. The molecular formula is C18H25N7O. The van der Waals surface area contributed by atoms with E-state index in [0.29, 0.717) is 25.2 Å². The van der Waals surface area contributed by atoms with Crippen molar-refractivity contribution >= 4 is 11.7 Å². The summed E-state index contributed by atoms with van der Waals surface area (Å²) in [6.07, 6.45) is 6.92. The molecule has 1 aromatic heterocycles. The summed E-state index contributed by atoms with van der Waals surface area (Å²) in [4.78, 5) is 18.2. The van der Waals surface area contributed by atoms with Gasteiger partial charge in [0.1, 0.15) is 12.7 Å². The predicted octanol–water partition coefficient (Wildman–Crippen LogP) is 1.44. The van der Waals surface area contributed by atoms with E-state index in [9.17, 15) is 4.79 Å². The van der Waals surface area contributed by atoms with Crippen LogP contribution in [0.15, 0.2) is 36.9 Å². The fourth-order valence-electron chi connectivity index (χ4n) is 3.46. The van der Waals surface area contributed by atoms with Gasteiger partial charge in [0.15, 0.2) is 0 Å². The van der Waals surface area contributed by atoms with Crippen LogP contribution in [0.4, 0.5) is 10.5 Å². The number of urea groups is 1. The van der Waals surface area contributed by atoms with Gasteiger partial charge in [-0.15, -0.1) is 0 Å². The Kier molecular flexibility index (Phi) is 4.85. The van der Waals surface area contributed by atoms with E-state index < -0.39 is 0 Å². The molecule has 2 fully saturated rings. The maximum Gasteiger partial charge on any atom is 0.321 e. The topological polar surface area (TPSA) is 87.1 Å². The number of amides is 2. The van der Waals surface area contributed by atoms with Crippen LogP contribution in [-0.2, 0) is 6.54 Å². The maximum absolute atomic E-state index is 12.5. The first-order chi connectivity index (χ1) is 12.7. The molecular weight excluding hydrogens is 330 g/mol. The highest BCUT2D eigenvalue weighted by Crippen LogP contribution is 2.35. The van der Waals surface area contributed by atoms with Gasteiger partial charge in [-0.1, -0.05) is 12.1 Å². The van der Waals surface area contributed by atoms with Crippen molar-refractivity contribution in [3.63, 3.8) is 0 Å². The van der Waals surface area contributed by atoms with Crippen LogP contribution in [-0.4, -0.2) is 51.4 Å². The minimum atomic E-state index is -0.0976. The van der Waals surface area contributed by atoms with E-state index >= 15 is 0 Å². The van der Waals surface area contributed by atoms with E-state index in [1.807, 2.05) is 31.3 Å². The first-order valence-electron chi connectivity index (χ1n) is 9.12. The van der Waals surface area contributed by atoms with E-state index in [-0.39, 0.29) is 6.03 Å². The molecule has 1 aromatic carbocycles. The second-order valence-electron chi connectivity index (χ2n) is 7.27. The van der Waals surface area contributed by atoms with Gasteiger partial charge in [-0.3, -0.25) is 10.9 Å². The number of carbonyl (C=O) groups is 1. The Morgan fingerprint density at radius 3 is 3.04 bits per heavy atom.